The van der Waals surface area contributed by atoms with Crippen molar-refractivity contribution in [2.75, 3.05) is 5.32 Å². The first-order valence-corrected chi connectivity index (χ1v) is 6.00. The largest absolute Gasteiger partial charge is 0.494 e. The topological polar surface area (TPSA) is 115 Å². The summed E-state index contributed by atoms with van der Waals surface area (Å²) in [6, 6.07) is 8.41. The Balaban J connectivity index is 0. The zero-order valence-electron chi connectivity index (χ0n) is 12.5. The number of H-pyrrole nitrogens is 2. The molecule has 0 saturated heterocycles. The summed E-state index contributed by atoms with van der Waals surface area (Å²) < 4.78 is 0. The van der Waals surface area contributed by atoms with Gasteiger partial charge in [-0.05, 0) is 12.1 Å². The van der Waals surface area contributed by atoms with Gasteiger partial charge in [-0.3, -0.25) is 19.6 Å². The molecule has 1 heterocycles. The Morgan fingerprint density at radius 2 is 1.64 bits per heavy atom. The van der Waals surface area contributed by atoms with E-state index in [9.17, 15) is 19.5 Å². The maximum atomic E-state index is 11.8. The van der Waals surface area contributed by atoms with Gasteiger partial charge in [0.2, 0.25) is 5.88 Å². The third-order valence-electron chi connectivity index (χ3n) is 2.18. The van der Waals surface area contributed by atoms with Crippen molar-refractivity contribution < 1.29 is 31.0 Å². The predicted octanol–water partition coefficient (Wildman–Crippen LogP) is 1.50. The van der Waals surface area contributed by atoms with Crippen LogP contribution in [0.3, 0.4) is 0 Å². The second-order valence-electron chi connectivity index (χ2n) is 3.45. The molecular formula is C14H18N3O4W-. The van der Waals surface area contributed by atoms with Crippen molar-refractivity contribution in [3.05, 3.63) is 64.2 Å². The van der Waals surface area contributed by atoms with Gasteiger partial charge >= 0.3 is 5.69 Å². The number of anilines is 1. The van der Waals surface area contributed by atoms with Crippen LogP contribution in [0.25, 0.3) is 0 Å². The summed E-state index contributed by atoms with van der Waals surface area (Å²) in [7, 11) is 0. The number of aromatic hydroxyl groups is 1. The van der Waals surface area contributed by atoms with Gasteiger partial charge in [-0.2, -0.15) is 0 Å². The monoisotopic (exact) mass is 476 g/mol. The molecule has 22 heavy (non-hydrogen) atoms. The summed E-state index contributed by atoms with van der Waals surface area (Å²) in [5, 5.41) is 11.8. The minimum absolute atomic E-state index is 0. The number of carbonyl (C=O) groups excluding carboxylic acids is 1. The van der Waals surface area contributed by atoms with E-state index in [4.69, 9.17) is 0 Å². The third-order valence-corrected chi connectivity index (χ3v) is 2.18. The third kappa shape index (κ3) is 5.69. The van der Waals surface area contributed by atoms with Crippen LogP contribution in [-0.4, -0.2) is 21.0 Å². The van der Waals surface area contributed by atoms with Gasteiger partial charge in [-0.1, -0.05) is 32.0 Å². The van der Waals surface area contributed by atoms with E-state index in [0.717, 1.165) is 0 Å². The van der Waals surface area contributed by atoms with Gasteiger partial charge in [0.05, 0.1) is 0 Å². The van der Waals surface area contributed by atoms with Crippen molar-refractivity contribution in [3.63, 3.8) is 0 Å². The standard InChI is InChI=1S/C11H9N3O4.C2H6.CH3.W/c15-8(12-6-4-2-1-3-5-6)7-9(16)13-11(18)14-10(7)17;1-2;;/h1-5H,(H,12,15)(H3,13,14,16,17,18);1-2H3;1H3;/q;;-1;. The molecule has 0 radical (unpaired) electrons. The fourth-order valence-corrected chi connectivity index (χ4v) is 1.40. The molecule has 0 aliphatic heterocycles. The first-order chi connectivity index (χ1) is 9.58. The normalized spacial score (nSPS) is 8.45. The summed E-state index contributed by atoms with van der Waals surface area (Å²) in [6.45, 7) is 4.00. The van der Waals surface area contributed by atoms with E-state index in [-0.39, 0.29) is 28.5 Å². The molecule has 0 bridgehead atoms. The molecule has 8 heteroatoms. The maximum absolute atomic E-state index is 11.8. The number of aromatic nitrogens is 2. The fourth-order valence-electron chi connectivity index (χ4n) is 1.40. The molecule has 4 N–H and O–H groups in total. The van der Waals surface area contributed by atoms with Crippen LogP contribution in [0.5, 0.6) is 5.88 Å². The molecule has 1 aromatic heterocycles. The van der Waals surface area contributed by atoms with Gasteiger partial charge in [0.25, 0.3) is 11.5 Å². The van der Waals surface area contributed by atoms with E-state index >= 15 is 0 Å². The van der Waals surface area contributed by atoms with E-state index < -0.39 is 28.6 Å². The van der Waals surface area contributed by atoms with Crippen molar-refractivity contribution in [2.45, 2.75) is 13.8 Å². The Morgan fingerprint density at radius 1 is 1.09 bits per heavy atom. The maximum Gasteiger partial charge on any atom is 0.328 e. The molecule has 1 aromatic carbocycles. The van der Waals surface area contributed by atoms with Crippen molar-refractivity contribution >= 4 is 11.6 Å². The van der Waals surface area contributed by atoms with Crippen LogP contribution in [0, 0.1) is 7.43 Å². The van der Waals surface area contributed by atoms with Crippen LogP contribution in [0.4, 0.5) is 5.69 Å². The molecule has 0 unspecified atom stereocenters. The Labute approximate surface area is 142 Å². The summed E-state index contributed by atoms with van der Waals surface area (Å²) >= 11 is 0. The van der Waals surface area contributed by atoms with E-state index in [0.29, 0.717) is 5.69 Å². The molecule has 7 nitrogen and oxygen atoms in total. The zero-order chi connectivity index (χ0) is 15.1. The smallest absolute Gasteiger partial charge is 0.328 e. The summed E-state index contributed by atoms with van der Waals surface area (Å²) in [5.41, 5.74) is -1.91. The minimum atomic E-state index is -0.954. The molecule has 0 atom stereocenters. The number of amides is 1. The van der Waals surface area contributed by atoms with Gasteiger partial charge in [0.15, 0.2) is 5.56 Å². The second kappa shape index (κ2) is 10.6. The average molecular weight is 476 g/mol. The molecule has 2 aromatic rings. The molecule has 120 valence electrons. The number of nitrogens with one attached hydrogen (secondary N) is 3. The van der Waals surface area contributed by atoms with Gasteiger partial charge in [0, 0.05) is 26.8 Å². The summed E-state index contributed by atoms with van der Waals surface area (Å²) in [4.78, 5) is 37.8. The van der Waals surface area contributed by atoms with Crippen LogP contribution in [0.15, 0.2) is 39.9 Å². The van der Waals surface area contributed by atoms with Gasteiger partial charge in [-0.15, -0.1) is 0 Å². The number of rotatable bonds is 2. The SMILES string of the molecule is CC.O=C(Nc1ccccc1)c1c(O)[nH]c(=O)[nH]c1=O.[CH3-].[W]. The van der Waals surface area contributed by atoms with Crippen molar-refractivity contribution in [2.24, 2.45) is 0 Å². The van der Waals surface area contributed by atoms with Crippen molar-refractivity contribution in [3.8, 4) is 5.88 Å². The minimum Gasteiger partial charge on any atom is -0.494 e. The number of aromatic amines is 2. The Kier molecular flexibility index (Phi) is 10.6. The quantitative estimate of drug-likeness (QED) is 0.492. The Hall–Kier alpha value is -2.14. The number of benzene rings is 1. The molecule has 0 aliphatic rings. The van der Waals surface area contributed by atoms with E-state index in [1.165, 1.54) is 0 Å². The van der Waals surface area contributed by atoms with Crippen LogP contribution in [0.1, 0.15) is 24.2 Å². The van der Waals surface area contributed by atoms with E-state index in [1.807, 2.05) is 23.8 Å². The first-order valence-electron chi connectivity index (χ1n) is 6.00. The fraction of sp³-hybridized carbons (Fsp3) is 0.143. The Bertz CT molecular complexity index is 695. The molecule has 0 saturated carbocycles. The zero-order valence-corrected chi connectivity index (χ0v) is 15.4. The van der Waals surface area contributed by atoms with Gasteiger partial charge < -0.3 is 17.8 Å². The van der Waals surface area contributed by atoms with E-state index in [2.05, 4.69) is 5.32 Å². The summed E-state index contributed by atoms with van der Waals surface area (Å²) in [6.07, 6.45) is 0. The molecule has 1 amide bonds. The predicted molar refractivity (Wildman–Crippen MR) is 81.5 cm³/mol. The van der Waals surface area contributed by atoms with Gasteiger partial charge in [-0.25, -0.2) is 4.79 Å². The number of para-hydroxylation sites is 1. The molecule has 2 rings (SSSR count). The van der Waals surface area contributed by atoms with Crippen LogP contribution in [-0.2, 0) is 21.1 Å². The average Bonchev–Trinajstić information content (AvgIpc) is 2.41. The second-order valence-corrected chi connectivity index (χ2v) is 3.45. The molecule has 0 fully saturated rings. The molecular weight excluding hydrogens is 458 g/mol. The van der Waals surface area contributed by atoms with Crippen LogP contribution in [0.2, 0.25) is 0 Å². The number of carbonyl (C=O) groups is 1. The number of hydrogen-bond donors (Lipinski definition) is 4. The van der Waals surface area contributed by atoms with Crippen molar-refractivity contribution in [1.29, 1.82) is 0 Å². The van der Waals surface area contributed by atoms with Gasteiger partial charge in [0.1, 0.15) is 0 Å². The van der Waals surface area contributed by atoms with E-state index in [1.54, 1.807) is 30.3 Å². The van der Waals surface area contributed by atoms with Crippen LogP contribution >= 0.6 is 0 Å². The number of hydrogen-bond acceptors (Lipinski definition) is 4. The summed E-state index contributed by atoms with van der Waals surface area (Å²) in [5.74, 6) is -1.58. The molecule has 0 spiro atoms. The first kappa shape index (κ1) is 22.1. The molecule has 0 aliphatic carbocycles. The Morgan fingerprint density at radius 3 is 2.14 bits per heavy atom. The van der Waals surface area contributed by atoms with Crippen LogP contribution < -0.4 is 16.6 Å². The van der Waals surface area contributed by atoms with Crippen molar-refractivity contribution in [1.82, 2.24) is 9.97 Å².